The Morgan fingerprint density at radius 1 is 0.958 bits per heavy atom. The third-order valence-electron chi connectivity index (χ3n) is 3.64. The summed E-state index contributed by atoms with van der Waals surface area (Å²) in [6, 6.07) is 7.26. The highest BCUT2D eigenvalue weighted by molar-refractivity contribution is 6.02. The third kappa shape index (κ3) is 2.21. The molecule has 0 unspecified atom stereocenters. The molecular weight excluding hydrogens is 304 g/mol. The number of aromatic nitrogens is 6. The highest BCUT2D eigenvalue weighted by atomic mass is 15.1. The smallest absolute Gasteiger partial charge is 0.128 e. The van der Waals surface area contributed by atoms with E-state index in [-0.39, 0.29) is 0 Å². The van der Waals surface area contributed by atoms with Gasteiger partial charge in [0.15, 0.2) is 0 Å². The van der Waals surface area contributed by atoms with Crippen LogP contribution in [0.15, 0.2) is 36.7 Å². The van der Waals surface area contributed by atoms with Gasteiger partial charge in [0.2, 0.25) is 0 Å². The van der Waals surface area contributed by atoms with Gasteiger partial charge in [0, 0.05) is 24.1 Å². The normalized spacial score (nSPS) is 11.0. The van der Waals surface area contributed by atoms with E-state index in [1.807, 2.05) is 18.2 Å². The maximum absolute atomic E-state index is 6.12. The van der Waals surface area contributed by atoms with Gasteiger partial charge in [0.25, 0.3) is 0 Å². The highest BCUT2D eigenvalue weighted by Crippen LogP contribution is 2.33. The van der Waals surface area contributed by atoms with Gasteiger partial charge in [-0.15, -0.1) is 0 Å². The number of nitrogen functional groups attached to an aromatic ring is 2. The largest absolute Gasteiger partial charge is 0.398 e. The average Bonchev–Trinajstić information content (AvgIpc) is 2.99. The van der Waals surface area contributed by atoms with Crippen molar-refractivity contribution in [1.82, 2.24) is 30.1 Å². The molecule has 4 aromatic rings. The van der Waals surface area contributed by atoms with E-state index >= 15 is 0 Å². The van der Waals surface area contributed by atoms with E-state index in [9.17, 15) is 0 Å². The summed E-state index contributed by atoms with van der Waals surface area (Å²) in [7, 11) is 0. The fourth-order valence-electron chi connectivity index (χ4n) is 2.68. The number of benzene rings is 1. The van der Waals surface area contributed by atoms with Crippen LogP contribution in [0.4, 0.5) is 11.5 Å². The number of anilines is 2. The van der Waals surface area contributed by atoms with Crippen molar-refractivity contribution in [2.24, 2.45) is 0 Å². The molecule has 118 valence electrons. The number of nitrogens with zero attached hydrogens (tertiary/aromatic N) is 5. The van der Waals surface area contributed by atoms with Gasteiger partial charge >= 0.3 is 0 Å². The molecule has 0 aliphatic carbocycles. The number of fused-ring (bicyclic) bond motifs is 1. The summed E-state index contributed by atoms with van der Waals surface area (Å²) in [6.45, 7) is 1.78. The van der Waals surface area contributed by atoms with Crippen molar-refractivity contribution in [3.05, 3.63) is 42.5 Å². The van der Waals surface area contributed by atoms with Crippen LogP contribution in [0.5, 0.6) is 0 Å². The van der Waals surface area contributed by atoms with E-state index in [2.05, 4.69) is 30.1 Å². The summed E-state index contributed by atoms with van der Waals surface area (Å²) in [5.41, 5.74) is 15.8. The number of aromatic amines is 1. The predicted molar refractivity (Wildman–Crippen MR) is 91.7 cm³/mol. The van der Waals surface area contributed by atoms with Gasteiger partial charge in [-0.3, -0.25) is 15.1 Å². The second-order valence-corrected chi connectivity index (χ2v) is 5.32. The van der Waals surface area contributed by atoms with Crippen LogP contribution in [0.3, 0.4) is 0 Å². The molecule has 3 heterocycles. The van der Waals surface area contributed by atoms with Crippen molar-refractivity contribution in [3.63, 3.8) is 0 Å². The Balaban J connectivity index is 2.00. The van der Waals surface area contributed by atoms with Crippen LogP contribution in [0.2, 0.25) is 0 Å². The van der Waals surface area contributed by atoms with Gasteiger partial charge in [0.1, 0.15) is 28.7 Å². The molecule has 8 heteroatoms. The quantitative estimate of drug-likeness (QED) is 0.481. The molecule has 0 saturated carbocycles. The molecular formula is C16H14N8. The Bertz CT molecular complexity index is 1030. The summed E-state index contributed by atoms with van der Waals surface area (Å²) in [6.07, 6.45) is 3.21. The summed E-state index contributed by atoms with van der Waals surface area (Å²) >= 11 is 0. The van der Waals surface area contributed by atoms with E-state index in [4.69, 9.17) is 11.5 Å². The lowest BCUT2D eigenvalue weighted by atomic mass is 10.1. The van der Waals surface area contributed by atoms with Gasteiger partial charge in [-0.25, -0.2) is 9.97 Å². The molecule has 1 aromatic carbocycles. The Labute approximate surface area is 137 Å². The van der Waals surface area contributed by atoms with Crippen molar-refractivity contribution in [1.29, 1.82) is 0 Å². The van der Waals surface area contributed by atoms with Gasteiger partial charge in [-0.1, -0.05) is 6.07 Å². The molecule has 5 N–H and O–H groups in total. The molecule has 3 aromatic heterocycles. The molecule has 0 bridgehead atoms. The molecule has 0 atom stereocenters. The van der Waals surface area contributed by atoms with E-state index in [0.717, 1.165) is 10.9 Å². The predicted octanol–water partition coefficient (Wildman–Crippen LogP) is 1.95. The summed E-state index contributed by atoms with van der Waals surface area (Å²) in [4.78, 5) is 17.4. The SMILES string of the molecule is Cc1nc(N)cc(-c2nccnc2-c2n[nH]c3cccc(N)c23)n1. The van der Waals surface area contributed by atoms with E-state index in [1.165, 1.54) is 0 Å². The molecule has 0 spiro atoms. The summed E-state index contributed by atoms with van der Waals surface area (Å²) in [5, 5.41) is 8.15. The zero-order chi connectivity index (χ0) is 16.7. The zero-order valence-corrected chi connectivity index (χ0v) is 12.9. The number of rotatable bonds is 2. The van der Waals surface area contributed by atoms with E-state index in [1.54, 1.807) is 25.4 Å². The summed E-state index contributed by atoms with van der Waals surface area (Å²) < 4.78 is 0. The van der Waals surface area contributed by atoms with Crippen LogP contribution in [0, 0.1) is 6.92 Å². The van der Waals surface area contributed by atoms with E-state index in [0.29, 0.717) is 40.1 Å². The van der Waals surface area contributed by atoms with Crippen LogP contribution in [-0.2, 0) is 0 Å². The maximum Gasteiger partial charge on any atom is 0.128 e. The number of H-pyrrole nitrogens is 1. The average molecular weight is 318 g/mol. The lowest BCUT2D eigenvalue weighted by Gasteiger charge is -2.07. The first-order valence-electron chi connectivity index (χ1n) is 7.29. The minimum atomic E-state index is 0.375. The Hall–Kier alpha value is -3.55. The fraction of sp³-hybridized carbons (Fsp3) is 0.0625. The molecule has 4 rings (SSSR count). The Morgan fingerprint density at radius 3 is 2.54 bits per heavy atom. The minimum absolute atomic E-state index is 0.375. The number of hydrogen-bond donors (Lipinski definition) is 3. The van der Waals surface area contributed by atoms with Crippen molar-refractivity contribution in [3.8, 4) is 22.8 Å². The molecule has 0 fully saturated rings. The van der Waals surface area contributed by atoms with Crippen LogP contribution >= 0.6 is 0 Å². The van der Waals surface area contributed by atoms with Gasteiger partial charge < -0.3 is 11.5 Å². The maximum atomic E-state index is 6.12. The van der Waals surface area contributed by atoms with Crippen LogP contribution in [0.1, 0.15) is 5.82 Å². The fourth-order valence-corrected chi connectivity index (χ4v) is 2.68. The first-order valence-corrected chi connectivity index (χ1v) is 7.29. The molecule has 0 saturated heterocycles. The standard InChI is InChI=1S/C16H14N8/c1-8-21-11(7-12(18)22-8)14-16(20-6-5-19-14)15-13-9(17)3-2-4-10(13)23-24-15/h2-7H,17H2,1H3,(H,23,24)(H2,18,21,22). The lowest BCUT2D eigenvalue weighted by Crippen LogP contribution is -2.01. The second kappa shape index (κ2) is 5.27. The molecule has 0 amide bonds. The van der Waals surface area contributed by atoms with Gasteiger partial charge in [-0.2, -0.15) is 5.10 Å². The highest BCUT2D eigenvalue weighted by Gasteiger charge is 2.18. The zero-order valence-electron chi connectivity index (χ0n) is 12.9. The van der Waals surface area contributed by atoms with Crippen LogP contribution in [0.25, 0.3) is 33.7 Å². The van der Waals surface area contributed by atoms with Crippen LogP contribution in [-0.4, -0.2) is 30.1 Å². The molecule has 0 aliphatic heterocycles. The number of aryl methyl sites for hydroxylation is 1. The van der Waals surface area contributed by atoms with Crippen molar-refractivity contribution in [2.45, 2.75) is 6.92 Å². The minimum Gasteiger partial charge on any atom is -0.398 e. The molecule has 24 heavy (non-hydrogen) atoms. The topological polar surface area (TPSA) is 132 Å². The molecule has 8 nitrogen and oxygen atoms in total. The molecule has 0 aliphatic rings. The van der Waals surface area contributed by atoms with Crippen LogP contribution < -0.4 is 11.5 Å². The first kappa shape index (κ1) is 14.1. The molecule has 0 radical (unpaired) electrons. The Kier molecular flexibility index (Phi) is 3.09. The summed E-state index contributed by atoms with van der Waals surface area (Å²) in [5.74, 6) is 0.938. The second-order valence-electron chi connectivity index (χ2n) is 5.32. The number of nitrogens with two attached hydrogens (primary N) is 2. The monoisotopic (exact) mass is 318 g/mol. The van der Waals surface area contributed by atoms with E-state index < -0.39 is 0 Å². The first-order chi connectivity index (χ1) is 11.6. The lowest BCUT2D eigenvalue weighted by molar-refractivity contribution is 1.05. The number of nitrogens with one attached hydrogen (secondary N) is 1. The van der Waals surface area contributed by atoms with Crippen molar-refractivity contribution >= 4 is 22.4 Å². The number of hydrogen-bond acceptors (Lipinski definition) is 7. The Morgan fingerprint density at radius 2 is 1.75 bits per heavy atom. The van der Waals surface area contributed by atoms with Crippen molar-refractivity contribution < 1.29 is 0 Å². The third-order valence-corrected chi connectivity index (χ3v) is 3.64. The van der Waals surface area contributed by atoms with Gasteiger partial charge in [-0.05, 0) is 19.1 Å². The van der Waals surface area contributed by atoms with Crippen molar-refractivity contribution in [2.75, 3.05) is 11.5 Å². The van der Waals surface area contributed by atoms with Gasteiger partial charge in [0.05, 0.1) is 16.6 Å².